The summed E-state index contributed by atoms with van der Waals surface area (Å²) in [6.07, 6.45) is 1.68. The summed E-state index contributed by atoms with van der Waals surface area (Å²) in [5.41, 5.74) is 4.12. The molecule has 1 heterocycles. The zero-order valence-corrected chi connectivity index (χ0v) is 7.50. The molecule has 0 aliphatic carbocycles. The van der Waals surface area contributed by atoms with Gasteiger partial charge >= 0.3 is 0 Å². The first kappa shape index (κ1) is 8.05. The Balaban J connectivity index is 2.42. The number of hydrogen-bond acceptors (Lipinski definition) is 2. The molecule has 0 radical (unpaired) electrons. The Hall–Kier alpha value is -1.57. The minimum atomic E-state index is 0.749. The van der Waals surface area contributed by atoms with Crippen LogP contribution in [0.1, 0.15) is 12.5 Å². The van der Waals surface area contributed by atoms with Gasteiger partial charge in [0.15, 0.2) is 0 Å². The van der Waals surface area contributed by atoms with E-state index >= 15 is 0 Å². The lowest BCUT2D eigenvalue weighted by atomic mass is 9.99. The van der Waals surface area contributed by atoms with Crippen LogP contribution in [0.2, 0.25) is 0 Å². The molecule has 0 saturated heterocycles. The summed E-state index contributed by atoms with van der Waals surface area (Å²) in [7, 11) is 0. The highest BCUT2D eigenvalue weighted by molar-refractivity contribution is 5.79. The van der Waals surface area contributed by atoms with Gasteiger partial charge in [-0.25, -0.2) is 0 Å². The van der Waals surface area contributed by atoms with E-state index in [1.54, 1.807) is 0 Å². The van der Waals surface area contributed by atoms with Crippen LogP contribution in [0.4, 0.5) is 5.69 Å². The van der Waals surface area contributed by atoms with E-state index in [4.69, 9.17) is 0 Å². The molecule has 2 heteroatoms. The number of carbonyl (C=O) groups is 1. The van der Waals surface area contributed by atoms with Gasteiger partial charge in [-0.2, -0.15) is 0 Å². The van der Waals surface area contributed by atoms with Gasteiger partial charge in [0.2, 0.25) is 0 Å². The number of anilines is 1. The van der Waals surface area contributed by atoms with Crippen LogP contribution in [0.5, 0.6) is 0 Å². The van der Waals surface area contributed by atoms with Crippen molar-refractivity contribution in [2.24, 2.45) is 0 Å². The molecular formula is C11H11NO. The lowest BCUT2D eigenvalue weighted by Crippen LogP contribution is -2.11. The molecule has 2 rings (SSSR count). The Morgan fingerprint density at radius 3 is 2.92 bits per heavy atom. The summed E-state index contributed by atoms with van der Waals surface area (Å²) in [4.78, 5) is 10.7. The number of para-hydroxylation sites is 1. The lowest BCUT2D eigenvalue weighted by Gasteiger charge is -2.19. The smallest absolute Gasteiger partial charge is 0.148 e. The van der Waals surface area contributed by atoms with Gasteiger partial charge in [0.1, 0.15) is 6.29 Å². The SMILES string of the molecule is CC1=C(C=O)Cc2ccccc2N1. The fraction of sp³-hybridized carbons (Fsp3) is 0.182. The molecule has 0 spiro atoms. The van der Waals surface area contributed by atoms with Crippen molar-refractivity contribution in [3.8, 4) is 0 Å². The largest absolute Gasteiger partial charge is 0.359 e. The van der Waals surface area contributed by atoms with E-state index in [2.05, 4.69) is 5.32 Å². The maximum Gasteiger partial charge on any atom is 0.148 e. The molecule has 1 aromatic rings. The summed E-state index contributed by atoms with van der Waals surface area (Å²) in [5, 5.41) is 3.21. The van der Waals surface area contributed by atoms with E-state index in [1.165, 1.54) is 5.56 Å². The second-order valence-corrected chi connectivity index (χ2v) is 3.23. The van der Waals surface area contributed by atoms with Crippen molar-refractivity contribution in [1.29, 1.82) is 0 Å². The second-order valence-electron chi connectivity index (χ2n) is 3.23. The molecule has 0 bridgehead atoms. The molecule has 0 atom stereocenters. The average Bonchev–Trinajstić information content (AvgIpc) is 2.17. The first-order valence-electron chi connectivity index (χ1n) is 4.31. The van der Waals surface area contributed by atoms with E-state index in [9.17, 15) is 4.79 Å². The first-order chi connectivity index (χ1) is 6.31. The zero-order chi connectivity index (χ0) is 9.26. The Morgan fingerprint density at radius 1 is 1.38 bits per heavy atom. The molecule has 0 aromatic heterocycles. The van der Waals surface area contributed by atoms with Gasteiger partial charge in [0.05, 0.1) is 0 Å². The fourth-order valence-electron chi connectivity index (χ4n) is 1.55. The van der Waals surface area contributed by atoms with Crippen molar-refractivity contribution < 1.29 is 4.79 Å². The van der Waals surface area contributed by atoms with E-state index in [1.807, 2.05) is 31.2 Å². The fourth-order valence-corrected chi connectivity index (χ4v) is 1.55. The Labute approximate surface area is 77.3 Å². The number of aldehydes is 1. The van der Waals surface area contributed by atoms with Crippen molar-refractivity contribution >= 4 is 12.0 Å². The van der Waals surface area contributed by atoms with Crippen molar-refractivity contribution in [3.05, 3.63) is 41.1 Å². The quantitative estimate of drug-likeness (QED) is 0.659. The van der Waals surface area contributed by atoms with E-state index in [0.29, 0.717) is 0 Å². The Kier molecular flexibility index (Phi) is 1.89. The standard InChI is InChI=1S/C11H11NO/c1-8-10(7-13)6-9-4-2-3-5-11(9)12-8/h2-5,7,12H,6H2,1H3. The number of hydrogen-bond donors (Lipinski definition) is 1. The van der Waals surface area contributed by atoms with E-state index in [0.717, 1.165) is 29.7 Å². The van der Waals surface area contributed by atoms with Crippen molar-refractivity contribution in [3.63, 3.8) is 0 Å². The molecule has 1 aliphatic rings. The summed E-state index contributed by atoms with van der Waals surface area (Å²) in [6.45, 7) is 1.93. The molecule has 0 unspecified atom stereocenters. The van der Waals surface area contributed by atoms with Crippen LogP contribution in [0.25, 0.3) is 0 Å². The minimum absolute atomic E-state index is 0.749. The molecule has 2 nitrogen and oxygen atoms in total. The van der Waals surface area contributed by atoms with Crippen LogP contribution < -0.4 is 5.32 Å². The molecular weight excluding hydrogens is 162 g/mol. The summed E-state index contributed by atoms with van der Waals surface area (Å²) >= 11 is 0. The predicted octanol–water partition coefficient (Wildman–Crippen LogP) is 2.13. The number of rotatable bonds is 1. The van der Waals surface area contributed by atoms with Crippen molar-refractivity contribution in [1.82, 2.24) is 0 Å². The molecule has 0 fully saturated rings. The Morgan fingerprint density at radius 2 is 2.15 bits per heavy atom. The third kappa shape index (κ3) is 1.35. The van der Waals surface area contributed by atoms with Crippen LogP contribution in [0, 0.1) is 0 Å². The van der Waals surface area contributed by atoms with Crippen LogP contribution in [-0.2, 0) is 11.2 Å². The zero-order valence-electron chi connectivity index (χ0n) is 7.50. The van der Waals surface area contributed by atoms with Gasteiger partial charge in [-0.3, -0.25) is 4.79 Å². The van der Waals surface area contributed by atoms with E-state index < -0.39 is 0 Å². The highest BCUT2D eigenvalue weighted by atomic mass is 16.1. The normalized spacial score (nSPS) is 14.8. The number of nitrogens with one attached hydrogen (secondary N) is 1. The number of benzene rings is 1. The monoisotopic (exact) mass is 173 g/mol. The van der Waals surface area contributed by atoms with Gasteiger partial charge < -0.3 is 5.32 Å². The summed E-state index contributed by atoms with van der Waals surface area (Å²) in [5.74, 6) is 0. The molecule has 1 aliphatic heterocycles. The van der Waals surface area contributed by atoms with Gasteiger partial charge in [-0.1, -0.05) is 18.2 Å². The molecule has 13 heavy (non-hydrogen) atoms. The van der Waals surface area contributed by atoms with Gasteiger partial charge in [0, 0.05) is 23.4 Å². The Bertz CT molecular complexity index is 379. The topological polar surface area (TPSA) is 29.1 Å². The molecule has 1 N–H and O–H groups in total. The molecule has 0 amide bonds. The number of fused-ring (bicyclic) bond motifs is 1. The average molecular weight is 173 g/mol. The third-order valence-corrected chi connectivity index (χ3v) is 2.34. The first-order valence-corrected chi connectivity index (χ1v) is 4.31. The van der Waals surface area contributed by atoms with Gasteiger partial charge in [0.25, 0.3) is 0 Å². The molecule has 0 saturated carbocycles. The van der Waals surface area contributed by atoms with Crippen molar-refractivity contribution in [2.45, 2.75) is 13.3 Å². The summed E-state index contributed by atoms with van der Waals surface area (Å²) < 4.78 is 0. The lowest BCUT2D eigenvalue weighted by molar-refractivity contribution is -0.105. The second kappa shape index (κ2) is 3.05. The number of allylic oxidation sites excluding steroid dienone is 2. The third-order valence-electron chi connectivity index (χ3n) is 2.34. The van der Waals surface area contributed by atoms with Crippen LogP contribution in [0.3, 0.4) is 0 Å². The highest BCUT2D eigenvalue weighted by Gasteiger charge is 2.12. The van der Waals surface area contributed by atoms with Gasteiger partial charge in [-0.15, -0.1) is 0 Å². The predicted molar refractivity (Wildman–Crippen MR) is 52.5 cm³/mol. The van der Waals surface area contributed by atoms with Gasteiger partial charge in [-0.05, 0) is 18.6 Å². The molecule has 1 aromatic carbocycles. The maximum atomic E-state index is 10.7. The van der Waals surface area contributed by atoms with Crippen LogP contribution in [0.15, 0.2) is 35.5 Å². The number of carbonyl (C=O) groups excluding carboxylic acids is 1. The maximum absolute atomic E-state index is 10.7. The minimum Gasteiger partial charge on any atom is -0.359 e. The van der Waals surface area contributed by atoms with Crippen LogP contribution in [-0.4, -0.2) is 6.29 Å². The molecule has 66 valence electrons. The van der Waals surface area contributed by atoms with Crippen molar-refractivity contribution in [2.75, 3.05) is 5.32 Å². The van der Waals surface area contributed by atoms with E-state index in [-0.39, 0.29) is 0 Å². The van der Waals surface area contributed by atoms with Crippen LogP contribution >= 0.6 is 0 Å². The highest BCUT2D eigenvalue weighted by Crippen LogP contribution is 2.25. The summed E-state index contributed by atoms with van der Waals surface area (Å²) in [6, 6.07) is 8.05.